The number of carboxylic acids is 1. The lowest BCUT2D eigenvalue weighted by Gasteiger charge is -2.29. The van der Waals surface area contributed by atoms with E-state index in [0.29, 0.717) is 13.0 Å². The molecule has 0 bridgehead atoms. The van der Waals surface area contributed by atoms with E-state index in [1.54, 1.807) is 0 Å². The molecule has 6 nitrogen and oxygen atoms in total. The van der Waals surface area contributed by atoms with E-state index in [0.717, 1.165) is 27.3 Å². The van der Waals surface area contributed by atoms with E-state index in [4.69, 9.17) is 10.6 Å². The Hall–Kier alpha value is -2.70. The van der Waals surface area contributed by atoms with Crippen LogP contribution in [0.2, 0.25) is 0 Å². The van der Waals surface area contributed by atoms with Crippen LogP contribution < -0.4 is 5.84 Å². The standard InChI is InChI=1S/C20H20N2O4/c21-22-11-5-10-20(22,18(23)24)19(25)26-12-17-15-8-3-1-6-13(15)14-7-2-4-9-16(14)17/h1-4,6-9,17H,5,10-12,21H2,(H,23,24)/t20-/m0/s1. The number of hydrogen-bond donors (Lipinski definition) is 2. The smallest absolute Gasteiger partial charge is 0.339 e. The molecule has 1 fully saturated rings. The van der Waals surface area contributed by atoms with Gasteiger partial charge in [0.2, 0.25) is 5.54 Å². The molecule has 0 spiro atoms. The number of nitrogens with two attached hydrogens (primary N) is 1. The first-order valence-corrected chi connectivity index (χ1v) is 8.67. The number of carbonyl (C=O) groups is 2. The van der Waals surface area contributed by atoms with Crippen molar-refractivity contribution < 1.29 is 19.4 Å². The summed E-state index contributed by atoms with van der Waals surface area (Å²) in [7, 11) is 0. The van der Waals surface area contributed by atoms with Gasteiger partial charge in [-0.25, -0.2) is 14.6 Å². The Kier molecular flexibility index (Phi) is 4.01. The maximum atomic E-state index is 12.7. The predicted octanol–water partition coefficient (Wildman–Crippen LogP) is 2.14. The Labute approximate surface area is 151 Å². The van der Waals surface area contributed by atoms with Crippen LogP contribution in [0.25, 0.3) is 11.1 Å². The topological polar surface area (TPSA) is 92.9 Å². The maximum Gasteiger partial charge on any atom is 0.339 e. The lowest BCUT2D eigenvalue weighted by Crippen LogP contribution is -2.60. The van der Waals surface area contributed by atoms with Crippen molar-refractivity contribution in [2.75, 3.05) is 13.2 Å². The minimum Gasteiger partial charge on any atom is -0.479 e. The third kappa shape index (κ3) is 2.34. The van der Waals surface area contributed by atoms with Crippen LogP contribution in [-0.2, 0) is 14.3 Å². The molecule has 4 rings (SSSR count). The molecule has 2 aromatic rings. The summed E-state index contributed by atoms with van der Waals surface area (Å²) >= 11 is 0. The highest BCUT2D eigenvalue weighted by molar-refractivity contribution is 6.04. The molecule has 1 atom stereocenters. The third-order valence-electron chi connectivity index (χ3n) is 5.46. The molecule has 0 radical (unpaired) electrons. The van der Waals surface area contributed by atoms with Gasteiger partial charge < -0.3 is 9.84 Å². The van der Waals surface area contributed by atoms with Gasteiger partial charge in [0.05, 0.1) is 0 Å². The summed E-state index contributed by atoms with van der Waals surface area (Å²) in [6.07, 6.45) is 0.711. The SMILES string of the molecule is NN1CCC[C@]1(C(=O)O)C(=O)OCC1c2ccccc2-c2ccccc21. The lowest BCUT2D eigenvalue weighted by molar-refractivity contribution is -0.170. The van der Waals surface area contributed by atoms with Crippen molar-refractivity contribution in [1.82, 2.24) is 5.01 Å². The van der Waals surface area contributed by atoms with E-state index in [2.05, 4.69) is 0 Å². The summed E-state index contributed by atoms with van der Waals surface area (Å²) in [6.45, 7) is 0.451. The molecule has 134 valence electrons. The van der Waals surface area contributed by atoms with Crippen LogP contribution in [0.5, 0.6) is 0 Å². The van der Waals surface area contributed by atoms with E-state index >= 15 is 0 Å². The molecule has 0 amide bonds. The van der Waals surface area contributed by atoms with Gasteiger partial charge in [-0.2, -0.15) is 0 Å². The quantitative estimate of drug-likeness (QED) is 0.497. The van der Waals surface area contributed by atoms with Crippen LogP contribution in [0.1, 0.15) is 29.9 Å². The Morgan fingerprint density at radius 1 is 1.12 bits per heavy atom. The second-order valence-corrected chi connectivity index (χ2v) is 6.79. The molecule has 1 saturated heterocycles. The van der Waals surface area contributed by atoms with Crippen LogP contribution in [0.3, 0.4) is 0 Å². The molecule has 1 aliphatic carbocycles. The van der Waals surface area contributed by atoms with Gasteiger partial charge in [0.15, 0.2) is 0 Å². The van der Waals surface area contributed by atoms with Crippen molar-refractivity contribution in [1.29, 1.82) is 0 Å². The number of carboxylic acid groups (broad SMARTS) is 1. The largest absolute Gasteiger partial charge is 0.479 e. The van der Waals surface area contributed by atoms with E-state index in [1.807, 2.05) is 48.5 Å². The highest BCUT2D eigenvalue weighted by atomic mass is 16.5. The number of hydrazine groups is 1. The maximum absolute atomic E-state index is 12.7. The van der Waals surface area contributed by atoms with Crippen LogP contribution >= 0.6 is 0 Å². The van der Waals surface area contributed by atoms with E-state index in [9.17, 15) is 14.7 Å². The van der Waals surface area contributed by atoms with Crippen molar-refractivity contribution in [3.63, 3.8) is 0 Å². The number of aliphatic carboxylic acids is 1. The summed E-state index contributed by atoms with van der Waals surface area (Å²) in [5, 5.41) is 10.7. The summed E-state index contributed by atoms with van der Waals surface area (Å²) in [6, 6.07) is 16.0. The zero-order valence-corrected chi connectivity index (χ0v) is 14.2. The lowest BCUT2D eigenvalue weighted by atomic mass is 9.96. The molecule has 2 aliphatic rings. The third-order valence-corrected chi connectivity index (χ3v) is 5.46. The Morgan fingerprint density at radius 3 is 2.19 bits per heavy atom. The molecule has 0 unspecified atom stereocenters. The molecule has 6 heteroatoms. The molecule has 1 heterocycles. The molecule has 0 aromatic heterocycles. The second-order valence-electron chi connectivity index (χ2n) is 6.79. The number of benzene rings is 2. The number of ether oxygens (including phenoxy) is 1. The number of fused-ring (bicyclic) bond motifs is 3. The average Bonchev–Trinajstić information content (AvgIpc) is 3.19. The van der Waals surface area contributed by atoms with E-state index < -0.39 is 17.5 Å². The molecule has 2 aromatic carbocycles. The van der Waals surface area contributed by atoms with Crippen LogP contribution in [0.15, 0.2) is 48.5 Å². The first-order valence-electron chi connectivity index (χ1n) is 8.67. The zero-order chi connectivity index (χ0) is 18.3. The fraction of sp³-hybridized carbons (Fsp3) is 0.300. The zero-order valence-electron chi connectivity index (χ0n) is 14.2. The Morgan fingerprint density at radius 2 is 1.69 bits per heavy atom. The fourth-order valence-corrected chi connectivity index (χ4v) is 4.09. The summed E-state index contributed by atoms with van der Waals surface area (Å²) in [5.74, 6) is 3.66. The molecule has 0 saturated carbocycles. The first-order chi connectivity index (χ1) is 12.6. The number of hydrogen-bond acceptors (Lipinski definition) is 5. The van der Waals surface area contributed by atoms with Crippen molar-refractivity contribution in [2.45, 2.75) is 24.3 Å². The highest BCUT2D eigenvalue weighted by Crippen LogP contribution is 2.44. The van der Waals surface area contributed by atoms with Crippen molar-refractivity contribution in [3.8, 4) is 11.1 Å². The van der Waals surface area contributed by atoms with Gasteiger partial charge >= 0.3 is 11.9 Å². The molecule has 26 heavy (non-hydrogen) atoms. The molecule has 3 N–H and O–H groups in total. The fourth-order valence-electron chi connectivity index (χ4n) is 4.09. The normalized spacial score (nSPS) is 22.0. The number of esters is 1. The van der Waals surface area contributed by atoms with Crippen LogP contribution in [-0.4, -0.2) is 40.7 Å². The van der Waals surface area contributed by atoms with Crippen molar-refractivity contribution in [2.24, 2.45) is 5.84 Å². The monoisotopic (exact) mass is 352 g/mol. The molecule has 1 aliphatic heterocycles. The second kappa shape index (κ2) is 6.23. The van der Waals surface area contributed by atoms with Gasteiger partial charge in [0.1, 0.15) is 6.61 Å². The van der Waals surface area contributed by atoms with Gasteiger partial charge in [0.25, 0.3) is 0 Å². The summed E-state index contributed by atoms with van der Waals surface area (Å²) in [4.78, 5) is 24.4. The molecular formula is C20H20N2O4. The van der Waals surface area contributed by atoms with E-state index in [1.165, 1.54) is 0 Å². The van der Waals surface area contributed by atoms with Crippen molar-refractivity contribution >= 4 is 11.9 Å². The number of rotatable bonds is 4. The van der Waals surface area contributed by atoms with Gasteiger partial charge in [0, 0.05) is 12.5 Å². The summed E-state index contributed by atoms with van der Waals surface area (Å²) < 4.78 is 5.52. The highest BCUT2D eigenvalue weighted by Gasteiger charge is 2.55. The van der Waals surface area contributed by atoms with Gasteiger partial charge in [-0.15, -0.1) is 0 Å². The number of nitrogens with zero attached hydrogens (tertiary/aromatic N) is 1. The van der Waals surface area contributed by atoms with Crippen LogP contribution in [0.4, 0.5) is 0 Å². The predicted molar refractivity (Wildman–Crippen MR) is 95.2 cm³/mol. The average molecular weight is 352 g/mol. The molecular weight excluding hydrogens is 332 g/mol. The minimum absolute atomic E-state index is 0.0930. The van der Waals surface area contributed by atoms with Crippen molar-refractivity contribution in [3.05, 3.63) is 59.7 Å². The summed E-state index contributed by atoms with van der Waals surface area (Å²) in [5.41, 5.74) is 2.64. The Balaban J connectivity index is 1.60. The minimum atomic E-state index is -1.78. The van der Waals surface area contributed by atoms with Gasteiger partial charge in [-0.05, 0) is 35.1 Å². The first kappa shape index (κ1) is 16.8. The van der Waals surface area contributed by atoms with Gasteiger partial charge in [-0.3, -0.25) is 5.84 Å². The Bertz CT molecular complexity index is 836. The van der Waals surface area contributed by atoms with E-state index in [-0.39, 0.29) is 18.9 Å². The van der Waals surface area contributed by atoms with Crippen LogP contribution in [0, 0.1) is 0 Å². The van der Waals surface area contributed by atoms with Gasteiger partial charge in [-0.1, -0.05) is 48.5 Å². The number of carbonyl (C=O) groups excluding carboxylic acids is 1.